The van der Waals surface area contributed by atoms with Crippen LogP contribution in [0.1, 0.15) is 11.1 Å². The lowest BCUT2D eigenvalue weighted by atomic mass is 10.1. The van der Waals surface area contributed by atoms with Gasteiger partial charge in [0.15, 0.2) is 0 Å². The van der Waals surface area contributed by atoms with Crippen molar-refractivity contribution in [1.82, 2.24) is 0 Å². The third-order valence-corrected chi connectivity index (χ3v) is 5.66. The van der Waals surface area contributed by atoms with E-state index >= 15 is 0 Å². The van der Waals surface area contributed by atoms with Gasteiger partial charge in [-0.15, -0.1) is 0 Å². The fourth-order valence-corrected chi connectivity index (χ4v) is 3.99. The van der Waals surface area contributed by atoms with Crippen molar-refractivity contribution >= 4 is 15.7 Å². The first-order chi connectivity index (χ1) is 12.0. The summed E-state index contributed by atoms with van der Waals surface area (Å²) in [5.41, 5.74) is 2.21. The summed E-state index contributed by atoms with van der Waals surface area (Å²) in [6.07, 6.45) is 0. The van der Waals surface area contributed by atoms with Crippen molar-refractivity contribution in [3.05, 3.63) is 95.8 Å². The number of nitrogens with zero attached hydrogens (tertiary/aromatic N) is 1. The number of benzene rings is 3. The maximum Gasteiger partial charge on any atom is 0.264 e. The molecule has 0 spiro atoms. The van der Waals surface area contributed by atoms with Crippen LogP contribution in [0.3, 0.4) is 0 Å². The molecule has 0 atom stereocenters. The molecular weight excluding hydrogens is 337 g/mol. The summed E-state index contributed by atoms with van der Waals surface area (Å²) in [6, 6.07) is 21.4. The molecule has 3 rings (SSSR count). The molecule has 3 aromatic carbocycles. The Kier molecular flexibility index (Phi) is 4.86. The molecule has 0 unspecified atom stereocenters. The van der Waals surface area contributed by atoms with Crippen molar-refractivity contribution < 1.29 is 12.8 Å². The number of rotatable bonds is 5. The number of hydrogen-bond donors (Lipinski definition) is 0. The lowest BCUT2D eigenvalue weighted by Gasteiger charge is -2.25. The Morgan fingerprint density at radius 1 is 0.880 bits per heavy atom. The van der Waals surface area contributed by atoms with Crippen molar-refractivity contribution in [3.63, 3.8) is 0 Å². The van der Waals surface area contributed by atoms with Crippen LogP contribution in [-0.2, 0) is 16.6 Å². The second-order valence-corrected chi connectivity index (χ2v) is 7.65. The highest BCUT2D eigenvalue weighted by Gasteiger charge is 2.25. The first-order valence-corrected chi connectivity index (χ1v) is 9.30. The third-order valence-electron chi connectivity index (χ3n) is 3.87. The van der Waals surface area contributed by atoms with E-state index in [4.69, 9.17) is 0 Å². The molecule has 0 heterocycles. The Morgan fingerprint density at radius 3 is 2.20 bits per heavy atom. The van der Waals surface area contributed by atoms with Crippen LogP contribution in [0.25, 0.3) is 0 Å². The van der Waals surface area contributed by atoms with Crippen LogP contribution in [0.4, 0.5) is 10.1 Å². The van der Waals surface area contributed by atoms with Gasteiger partial charge in [-0.1, -0.05) is 54.1 Å². The molecule has 0 radical (unpaired) electrons. The lowest BCUT2D eigenvalue weighted by molar-refractivity contribution is 0.590. The summed E-state index contributed by atoms with van der Waals surface area (Å²) in [5.74, 6) is -0.477. The molecule has 0 bridgehead atoms. The molecule has 0 aliphatic rings. The van der Waals surface area contributed by atoms with E-state index in [0.29, 0.717) is 5.69 Å². The molecule has 0 saturated carbocycles. The van der Waals surface area contributed by atoms with Crippen LogP contribution in [0.15, 0.2) is 83.8 Å². The second-order valence-electron chi connectivity index (χ2n) is 5.79. The van der Waals surface area contributed by atoms with Crippen molar-refractivity contribution in [3.8, 4) is 0 Å². The van der Waals surface area contributed by atoms with E-state index in [0.717, 1.165) is 11.1 Å². The van der Waals surface area contributed by atoms with E-state index in [-0.39, 0.29) is 11.4 Å². The molecule has 0 fully saturated rings. The minimum atomic E-state index is -3.81. The van der Waals surface area contributed by atoms with Crippen molar-refractivity contribution in [1.29, 1.82) is 0 Å². The van der Waals surface area contributed by atoms with Crippen LogP contribution in [0.5, 0.6) is 0 Å². The summed E-state index contributed by atoms with van der Waals surface area (Å²) < 4.78 is 41.2. The van der Waals surface area contributed by atoms with Gasteiger partial charge in [0.05, 0.1) is 17.1 Å². The lowest BCUT2D eigenvalue weighted by Crippen LogP contribution is -2.30. The first-order valence-electron chi connectivity index (χ1n) is 7.86. The van der Waals surface area contributed by atoms with Gasteiger partial charge in [0.2, 0.25) is 0 Å². The fourth-order valence-electron chi connectivity index (χ4n) is 2.53. The predicted molar refractivity (Wildman–Crippen MR) is 97.4 cm³/mol. The Hall–Kier alpha value is -2.66. The molecule has 128 valence electrons. The highest BCUT2D eigenvalue weighted by Crippen LogP contribution is 2.26. The van der Waals surface area contributed by atoms with E-state index in [9.17, 15) is 12.8 Å². The van der Waals surface area contributed by atoms with Crippen molar-refractivity contribution in [2.75, 3.05) is 4.31 Å². The van der Waals surface area contributed by atoms with Gasteiger partial charge in [-0.25, -0.2) is 12.8 Å². The quantitative estimate of drug-likeness (QED) is 0.674. The van der Waals surface area contributed by atoms with E-state index in [1.54, 1.807) is 24.3 Å². The maximum atomic E-state index is 13.7. The highest BCUT2D eigenvalue weighted by molar-refractivity contribution is 7.92. The zero-order valence-corrected chi connectivity index (χ0v) is 14.6. The smallest absolute Gasteiger partial charge is 0.262 e. The molecule has 0 aromatic heterocycles. The Labute approximate surface area is 147 Å². The molecule has 0 aliphatic carbocycles. The second kappa shape index (κ2) is 7.07. The number of anilines is 1. The standard InChI is InChI=1S/C20H18FNO2S/c1-16-10-12-17(13-11-16)15-22(19-7-5-6-18(21)14-19)25(23,24)20-8-3-2-4-9-20/h2-14H,15H2,1H3. The Balaban J connectivity index is 2.07. The van der Waals surface area contributed by atoms with E-state index in [1.165, 1.54) is 34.6 Å². The molecule has 0 amide bonds. The summed E-state index contributed by atoms with van der Waals surface area (Å²) in [5, 5.41) is 0. The fraction of sp³-hybridized carbons (Fsp3) is 0.100. The van der Waals surface area contributed by atoms with Crippen molar-refractivity contribution in [2.24, 2.45) is 0 Å². The van der Waals surface area contributed by atoms with Crippen LogP contribution >= 0.6 is 0 Å². The van der Waals surface area contributed by atoms with Gasteiger partial charge < -0.3 is 0 Å². The van der Waals surface area contributed by atoms with Gasteiger partial charge >= 0.3 is 0 Å². The molecule has 3 aromatic rings. The molecule has 0 saturated heterocycles. The van der Waals surface area contributed by atoms with Gasteiger partial charge in [0, 0.05) is 0 Å². The Bertz CT molecular complexity index is 955. The Morgan fingerprint density at radius 2 is 1.56 bits per heavy atom. The minimum absolute atomic E-state index is 0.126. The molecule has 5 heteroatoms. The number of halogens is 1. The molecule has 3 nitrogen and oxygen atoms in total. The van der Waals surface area contributed by atoms with E-state index in [1.807, 2.05) is 31.2 Å². The molecular formula is C20H18FNO2S. The molecule has 0 N–H and O–H groups in total. The average molecular weight is 355 g/mol. The van der Waals surface area contributed by atoms with Gasteiger partial charge in [0.25, 0.3) is 10.0 Å². The SMILES string of the molecule is Cc1ccc(CN(c2cccc(F)c2)S(=O)(=O)c2ccccc2)cc1. The van der Waals surface area contributed by atoms with Crippen molar-refractivity contribution in [2.45, 2.75) is 18.4 Å². The molecule has 0 aliphatic heterocycles. The largest absolute Gasteiger partial charge is 0.264 e. The summed E-state index contributed by atoms with van der Waals surface area (Å²) in [7, 11) is -3.81. The van der Waals surface area contributed by atoms with Gasteiger partial charge in [-0.3, -0.25) is 4.31 Å². The summed E-state index contributed by atoms with van der Waals surface area (Å²) in [6.45, 7) is 2.09. The number of sulfonamides is 1. The summed E-state index contributed by atoms with van der Waals surface area (Å²) in [4.78, 5) is 0.173. The first kappa shape index (κ1) is 17.2. The zero-order chi connectivity index (χ0) is 17.9. The monoisotopic (exact) mass is 355 g/mol. The van der Waals surface area contributed by atoms with Gasteiger partial charge in [0.1, 0.15) is 5.82 Å². The van der Waals surface area contributed by atoms with E-state index < -0.39 is 15.8 Å². The number of aryl methyl sites for hydroxylation is 1. The van der Waals surface area contributed by atoms with Crippen LogP contribution < -0.4 is 4.31 Å². The van der Waals surface area contributed by atoms with Crippen LogP contribution in [0, 0.1) is 12.7 Å². The van der Waals surface area contributed by atoms with Gasteiger partial charge in [-0.05, 0) is 42.8 Å². The molecule has 25 heavy (non-hydrogen) atoms. The summed E-state index contributed by atoms with van der Waals surface area (Å²) >= 11 is 0. The maximum absolute atomic E-state index is 13.7. The van der Waals surface area contributed by atoms with E-state index in [2.05, 4.69) is 0 Å². The zero-order valence-electron chi connectivity index (χ0n) is 13.8. The number of hydrogen-bond acceptors (Lipinski definition) is 2. The highest BCUT2D eigenvalue weighted by atomic mass is 32.2. The van der Waals surface area contributed by atoms with Gasteiger partial charge in [-0.2, -0.15) is 0 Å². The minimum Gasteiger partial charge on any atom is -0.262 e. The third kappa shape index (κ3) is 3.88. The van der Waals surface area contributed by atoms with Crippen LogP contribution in [-0.4, -0.2) is 8.42 Å². The topological polar surface area (TPSA) is 37.4 Å². The normalized spacial score (nSPS) is 11.3. The average Bonchev–Trinajstić information content (AvgIpc) is 2.62. The predicted octanol–water partition coefficient (Wildman–Crippen LogP) is 4.53. The van der Waals surface area contributed by atoms with Crippen LogP contribution in [0.2, 0.25) is 0 Å².